The average molecular weight is 299 g/mol. The number of hydrogen-bond donors (Lipinski definition) is 2. The molecule has 4 unspecified atom stereocenters. The van der Waals surface area contributed by atoms with Crippen molar-refractivity contribution in [3.63, 3.8) is 0 Å². The van der Waals surface area contributed by atoms with Gasteiger partial charge >= 0.3 is 0 Å². The van der Waals surface area contributed by atoms with E-state index in [4.69, 9.17) is 9.47 Å². The fourth-order valence-electron chi connectivity index (χ4n) is 1.25. The van der Waals surface area contributed by atoms with Crippen molar-refractivity contribution in [2.75, 3.05) is 11.5 Å². The molecular formula is C10H18O2S4. The Morgan fingerprint density at radius 3 is 1.62 bits per heavy atom. The molecule has 0 aromatic heterocycles. The van der Waals surface area contributed by atoms with Gasteiger partial charge in [0.05, 0.1) is 0 Å². The third-order valence-electron chi connectivity index (χ3n) is 2.78. The molecule has 6 heteroatoms. The van der Waals surface area contributed by atoms with Crippen LogP contribution in [0, 0.1) is 5.92 Å². The molecule has 4 atom stereocenters. The van der Waals surface area contributed by atoms with E-state index < -0.39 is 0 Å². The minimum atomic E-state index is -0.0475. The summed E-state index contributed by atoms with van der Waals surface area (Å²) in [5, 5.41) is 0. The molecule has 2 nitrogen and oxygen atoms in total. The van der Waals surface area contributed by atoms with Gasteiger partial charge in [-0.25, -0.2) is 0 Å². The van der Waals surface area contributed by atoms with Crippen LogP contribution in [0.2, 0.25) is 0 Å². The predicted molar refractivity (Wildman–Crippen MR) is 78.6 cm³/mol. The minimum Gasteiger partial charge on any atom is -0.343 e. The highest BCUT2D eigenvalue weighted by Crippen LogP contribution is 2.50. The van der Waals surface area contributed by atoms with Gasteiger partial charge in [-0.2, -0.15) is 0 Å². The first-order chi connectivity index (χ1) is 7.36. The Balaban J connectivity index is 1.60. The fraction of sp³-hybridized carbons (Fsp3) is 1.00. The summed E-state index contributed by atoms with van der Waals surface area (Å²) in [6, 6.07) is 0. The summed E-state index contributed by atoms with van der Waals surface area (Å²) in [5.74, 6) is 2.86. The van der Waals surface area contributed by atoms with Gasteiger partial charge in [0.2, 0.25) is 0 Å². The molecule has 2 heterocycles. The standard InChI is InChI=1S/C10H18O2S4/c1-6(4-15-9(2)7(13)11-9)5-16-10(3)8(14)12-10/h6-8,13-14H,4-5H2,1-3H3. The van der Waals surface area contributed by atoms with E-state index in [2.05, 4.69) is 46.0 Å². The third-order valence-corrected chi connectivity index (χ3v) is 7.57. The van der Waals surface area contributed by atoms with Crippen LogP contribution < -0.4 is 0 Å². The summed E-state index contributed by atoms with van der Waals surface area (Å²) in [7, 11) is 0. The Morgan fingerprint density at radius 1 is 1.06 bits per heavy atom. The number of rotatable bonds is 6. The van der Waals surface area contributed by atoms with Gasteiger partial charge in [-0.3, -0.25) is 0 Å². The molecule has 2 aliphatic heterocycles. The Bertz CT molecular complexity index is 252. The van der Waals surface area contributed by atoms with E-state index in [1.165, 1.54) is 0 Å². The second-order valence-corrected chi connectivity index (χ2v) is 8.50. The van der Waals surface area contributed by atoms with Crippen molar-refractivity contribution in [3.8, 4) is 0 Å². The normalized spacial score (nSPS) is 47.8. The van der Waals surface area contributed by atoms with E-state index in [1.54, 1.807) is 0 Å². The molecule has 94 valence electrons. The first-order valence-electron chi connectivity index (χ1n) is 5.35. The fourth-order valence-corrected chi connectivity index (χ4v) is 4.51. The quantitative estimate of drug-likeness (QED) is 0.581. The van der Waals surface area contributed by atoms with Crippen molar-refractivity contribution in [2.24, 2.45) is 5.92 Å². The molecule has 0 aromatic rings. The van der Waals surface area contributed by atoms with E-state index >= 15 is 0 Å². The smallest absolute Gasteiger partial charge is 0.147 e. The van der Waals surface area contributed by atoms with E-state index in [-0.39, 0.29) is 20.7 Å². The summed E-state index contributed by atoms with van der Waals surface area (Å²) in [6.07, 6.45) is 0. The molecule has 0 spiro atoms. The van der Waals surface area contributed by atoms with Crippen molar-refractivity contribution in [2.45, 2.75) is 41.5 Å². The van der Waals surface area contributed by atoms with Gasteiger partial charge in [0, 0.05) is 0 Å². The first-order valence-corrected chi connectivity index (χ1v) is 8.36. The van der Waals surface area contributed by atoms with Crippen molar-refractivity contribution >= 4 is 48.8 Å². The second-order valence-electron chi connectivity index (χ2n) is 4.70. The van der Waals surface area contributed by atoms with Gasteiger partial charge < -0.3 is 9.47 Å². The van der Waals surface area contributed by atoms with Crippen molar-refractivity contribution < 1.29 is 9.47 Å². The van der Waals surface area contributed by atoms with Crippen LogP contribution in [0.15, 0.2) is 0 Å². The van der Waals surface area contributed by atoms with Crippen LogP contribution in [0.25, 0.3) is 0 Å². The summed E-state index contributed by atoms with van der Waals surface area (Å²) in [6.45, 7) is 6.47. The minimum absolute atomic E-state index is 0.0475. The lowest BCUT2D eigenvalue weighted by atomic mass is 10.3. The van der Waals surface area contributed by atoms with Gasteiger partial charge in [0.25, 0.3) is 0 Å². The zero-order valence-corrected chi connectivity index (χ0v) is 13.1. The highest BCUT2D eigenvalue weighted by molar-refractivity contribution is 8.02. The Labute approximate surface area is 117 Å². The number of thiol groups is 2. The first kappa shape index (κ1) is 13.7. The second kappa shape index (κ2) is 4.78. The molecule has 0 bridgehead atoms. The lowest BCUT2D eigenvalue weighted by Crippen LogP contribution is -2.11. The lowest BCUT2D eigenvalue weighted by molar-refractivity contribution is 0.393. The molecule has 2 saturated heterocycles. The van der Waals surface area contributed by atoms with Crippen molar-refractivity contribution in [3.05, 3.63) is 0 Å². The number of ether oxygens (including phenoxy) is 2. The maximum absolute atomic E-state index is 5.41. The zero-order valence-electron chi connectivity index (χ0n) is 9.67. The van der Waals surface area contributed by atoms with Gasteiger partial charge in [0.1, 0.15) is 20.7 Å². The van der Waals surface area contributed by atoms with Gasteiger partial charge in [-0.1, -0.05) is 6.92 Å². The van der Waals surface area contributed by atoms with Crippen molar-refractivity contribution in [1.29, 1.82) is 0 Å². The van der Waals surface area contributed by atoms with Gasteiger partial charge in [-0.15, -0.1) is 48.8 Å². The van der Waals surface area contributed by atoms with Crippen LogP contribution in [0.4, 0.5) is 0 Å². The van der Waals surface area contributed by atoms with E-state index in [0.29, 0.717) is 5.92 Å². The van der Waals surface area contributed by atoms with Crippen LogP contribution in [-0.2, 0) is 9.47 Å². The monoisotopic (exact) mass is 298 g/mol. The molecule has 0 amide bonds. The highest BCUT2D eigenvalue weighted by Gasteiger charge is 2.52. The molecule has 2 fully saturated rings. The van der Waals surface area contributed by atoms with Crippen LogP contribution in [-0.4, -0.2) is 32.2 Å². The highest BCUT2D eigenvalue weighted by atomic mass is 32.2. The van der Waals surface area contributed by atoms with Gasteiger partial charge in [0.15, 0.2) is 0 Å². The maximum Gasteiger partial charge on any atom is 0.147 e. The predicted octanol–water partition coefficient (Wildman–Crippen LogP) is 3.09. The van der Waals surface area contributed by atoms with Crippen LogP contribution in [0.1, 0.15) is 20.8 Å². The molecule has 0 N–H and O–H groups in total. The SMILES string of the molecule is CC(CSC1(C)OC1S)CSC1(C)OC1S. The average Bonchev–Trinajstić information content (AvgIpc) is 3.01. The summed E-state index contributed by atoms with van der Waals surface area (Å²) < 4.78 is 10.8. The zero-order chi connectivity index (χ0) is 12.0. The Kier molecular flexibility index (Phi) is 4.10. The molecule has 0 aliphatic carbocycles. The van der Waals surface area contributed by atoms with Crippen LogP contribution >= 0.6 is 48.8 Å². The number of hydrogen-bond acceptors (Lipinski definition) is 6. The van der Waals surface area contributed by atoms with Crippen LogP contribution in [0.3, 0.4) is 0 Å². The maximum atomic E-state index is 5.41. The summed E-state index contributed by atoms with van der Waals surface area (Å²) in [4.78, 5) is -0.0950. The molecule has 0 aromatic carbocycles. The Morgan fingerprint density at radius 2 is 1.38 bits per heavy atom. The van der Waals surface area contributed by atoms with Crippen molar-refractivity contribution in [1.82, 2.24) is 0 Å². The third kappa shape index (κ3) is 3.20. The van der Waals surface area contributed by atoms with Crippen LogP contribution in [0.5, 0.6) is 0 Å². The molecule has 2 aliphatic rings. The Hall–Kier alpha value is 1.32. The van der Waals surface area contributed by atoms with E-state index in [1.807, 2.05) is 23.5 Å². The topological polar surface area (TPSA) is 25.1 Å². The van der Waals surface area contributed by atoms with Gasteiger partial charge in [-0.05, 0) is 31.3 Å². The molecular weight excluding hydrogens is 280 g/mol. The lowest BCUT2D eigenvalue weighted by Gasteiger charge is -2.14. The van der Waals surface area contributed by atoms with E-state index in [0.717, 1.165) is 11.5 Å². The summed E-state index contributed by atoms with van der Waals surface area (Å²) in [5.41, 5.74) is 0.229. The number of thioether (sulfide) groups is 2. The molecule has 0 saturated carbocycles. The van der Waals surface area contributed by atoms with E-state index in [9.17, 15) is 0 Å². The molecule has 2 rings (SSSR count). The largest absolute Gasteiger partial charge is 0.343 e. The number of epoxide rings is 2. The molecule has 0 radical (unpaired) electrons. The summed E-state index contributed by atoms with van der Waals surface area (Å²) >= 11 is 12.3. The molecule has 16 heavy (non-hydrogen) atoms.